The molecular formula is C15H18N4O2. The number of amides is 1. The topological polar surface area (TPSA) is 79.2 Å². The summed E-state index contributed by atoms with van der Waals surface area (Å²) in [5.41, 5.74) is 2.57. The van der Waals surface area contributed by atoms with E-state index in [2.05, 4.69) is 15.7 Å². The van der Waals surface area contributed by atoms with Gasteiger partial charge in [-0.25, -0.2) is 4.68 Å². The van der Waals surface area contributed by atoms with Crippen molar-refractivity contribution in [3.8, 4) is 5.75 Å². The first kappa shape index (κ1) is 13.5. The predicted molar refractivity (Wildman–Crippen MR) is 80.5 cm³/mol. The van der Waals surface area contributed by atoms with Gasteiger partial charge in [0.15, 0.2) is 0 Å². The van der Waals surface area contributed by atoms with Crippen LogP contribution >= 0.6 is 0 Å². The fraction of sp³-hybridized carbons (Fsp3) is 0.333. The van der Waals surface area contributed by atoms with Crippen LogP contribution < -0.4 is 10.6 Å². The molecule has 1 aromatic heterocycles. The van der Waals surface area contributed by atoms with Gasteiger partial charge < -0.3 is 15.7 Å². The van der Waals surface area contributed by atoms with E-state index in [1.807, 2.05) is 30.7 Å². The molecule has 2 aromatic rings. The van der Waals surface area contributed by atoms with Crippen LogP contribution in [0.25, 0.3) is 0 Å². The maximum absolute atomic E-state index is 12.2. The van der Waals surface area contributed by atoms with Gasteiger partial charge in [0.05, 0.1) is 5.69 Å². The Hall–Kier alpha value is -2.50. The van der Waals surface area contributed by atoms with E-state index >= 15 is 0 Å². The molecule has 0 saturated heterocycles. The van der Waals surface area contributed by atoms with Crippen LogP contribution in [0.5, 0.6) is 5.75 Å². The summed E-state index contributed by atoms with van der Waals surface area (Å²) in [6, 6.07) is 6.55. The maximum atomic E-state index is 12.2. The third kappa shape index (κ3) is 2.44. The molecule has 110 valence electrons. The molecule has 1 unspecified atom stereocenters. The Morgan fingerprint density at radius 3 is 2.71 bits per heavy atom. The smallest absolute Gasteiger partial charge is 0.247 e. The van der Waals surface area contributed by atoms with Crippen molar-refractivity contribution in [2.24, 2.45) is 0 Å². The fourth-order valence-corrected chi connectivity index (χ4v) is 2.56. The molecule has 0 saturated carbocycles. The molecule has 1 aromatic carbocycles. The second kappa shape index (κ2) is 5.12. The molecule has 6 heteroatoms. The molecule has 1 aliphatic rings. The largest absolute Gasteiger partial charge is 0.508 e. The summed E-state index contributed by atoms with van der Waals surface area (Å²) in [4.78, 5) is 12.2. The standard InChI is InChI=1S/C15H18N4O2/c1-3-19-14-13(9(2)18-19)17-15(21)12(16-14)8-10-4-6-11(20)7-5-10/h4-7,12,16,20H,3,8H2,1-2H3,(H,17,21). The van der Waals surface area contributed by atoms with Crippen molar-refractivity contribution >= 4 is 17.4 Å². The highest BCUT2D eigenvalue weighted by atomic mass is 16.3. The maximum Gasteiger partial charge on any atom is 0.247 e. The quantitative estimate of drug-likeness (QED) is 0.805. The number of carbonyl (C=O) groups excluding carboxylic acids is 1. The van der Waals surface area contributed by atoms with Crippen LogP contribution in [0.1, 0.15) is 18.2 Å². The molecule has 0 fully saturated rings. The highest BCUT2D eigenvalue weighted by Crippen LogP contribution is 2.30. The van der Waals surface area contributed by atoms with Crippen LogP contribution in [0, 0.1) is 6.92 Å². The zero-order valence-electron chi connectivity index (χ0n) is 12.1. The fourth-order valence-electron chi connectivity index (χ4n) is 2.56. The Labute approximate surface area is 122 Å². The van der Waals surface area contributed by atoms with E-state index in [0.717, 1.165) is 29.3 Å². The number of rotatable bonds is 3. The number of phenolic OH excluding ortho intramolecular Hbond substituents is 1. The summed E-state index contributed by atoms with van der Waals surface area (Å²) in [6.45, 7) is 4.64. The Morgan fingerprint density at radius 1 is 1.33 bits per heavy atom. The van der Waals surface area contributed by atoms with E-state index in [1.165, 1.54) is 0 Å². The summed E-state index contributed by atoms with van der Waals surface area (Å²) in [5.74, 6) is 1.02. The lowest BCUT2D eigenvalue weighted by atomic mass is 10.0. The molecule has 1 atom stereocenters. The minimum Gasteiger partial charge on any atom is -0.508 e. The third-order valence-corrected chi connectivity index (χ3v) is 3.68. The zero-order chi connectivity index (χ0) is 15.0. The lowest BCUT2D eigenvalue weighted by Gasteiger charge is -2.25. The van der Waals surface area contributed by atoms with Crippen LogP contribution in [-0.4, -0.2) is 26.8 Å². The summed E-state index contributed by atoms with van der Waals surface area (Å²) < 4.78 is 1.86. The SMILES string of the molecule is CCn1nc(C)c2c1NC(Cc1ccc(O)cc1)C(=O)N2. The number of hydrogen-bond donors (Lipinski definition) is 3. The van der Waals surface area contributed by atoms with Crippen molar-refractivity contribution < 1.29 is 9.90 Å². The zero-order valence-corrected chi connectivity index (χ0v) is 12.1. The van der Waals surface area contributed by atoms with Gasteiger partial charge in [-0.05, 0) is 31.5 Å². The van der Waals surface area contributed by atoms with E-state index in [4.69, 9.17) is 0 Å². The number of hydrogen-bond acceptors (Lipinski definition) is 4. The first-order valence-electron chi connectivity index (χ1n) is 7.01. The van der Waals surface area contributed by atoms with Gasteiger partial charge in [-0.15, -0.1) is 0 Å². The van der Waals surface area contributed by atoms with Gasteiger partial charge in [-0.3, -0.25) is 4.79 Å². The van der Waals surface area contributed by atoms with Gasteiger partial charge in [0, 0.05) is 13.0 Å². The molecule has 1 aliphatic heterocycles. The molecule has 3 N–H and O–H groups in total. The van der Waals surface area contributed by atoms with Crippen LogP contribution in [-0.2, 0) is 17.8 Å². The molecule has 3 rings (SSSR count). The number of nitrogens with one attached hydrogen (secondary N) is 2. The monoisotopic (exact) mass is 286 g/mol. The predicted octanol–water partition coefficient (Wildman–Crippen LogP) is 1.89. The number of fused-ring (bicyclic) bond motifs is 1. The van der Waals surface area contributed by atoms with E-state index in [9.17, 15) is 9.90 Å². The number of aromatic hydroxyl groups is 1. The lowest BCUT2D eigenvalue weighted by molar-refractivity contribution is -0.117. The average molecular weight is 286 g/mol. The number of anilines is 2. The van der Waals surface area contributed by atoms with Crippen molar-refractivity contribution in [2.45, 2.75) is 32.9 Å². The number of aromatic nitrogens is 2. The van der Waals surface area contributed by atoms with Gasteiger partial charge in [-0.2, -0.15) is 5.10 Å². The van der Waals surface area contributed by atoms with Crippen LogP contribution in [0.15, 0.2) is 24.3 Å². The van der Waals surface area contributed by atoms with Crippen molar-refractivity contribution in [1.82, 2.24) is 9.78 Å². The Morgan fingerprint density at radius 2 is 2.05 bits per heavy atom. The Bertz CT molecular complexity index is 676. The van der Waals surface area contributed by atoms with Gasteiger partial charge in [-0.1, -0.05) is 12.1 Å². The molecule has 2 heterocycles. The lowest BCUT2D eigenvalue weighted by Crippen LogP contribution is -2.41. The molecule has 1 amide bonds. The van der Waals surface area contributed by atoms with Gasteiger partial charge in [0.2, 0.25) is 5.91 Å². The van der Waals surface area contributed by atoms with Gasteiger partial charge >= 0.3 is 0 Å². The Balaban J connectivity index is 1.84. The van der Waals surface area contributed by atoms with Crippen molar-refractivity contribution in [1.29, 1.82) is 0 Å². The van der Waals surface area contributed by atoms with E-state index < -0.39 is 0 Å². The highest BCUT2D eigenvalue weighted by molar-refractivity contribution is 6.03. The van der Waals surface area contributed by atoms with Crippen molar-refractivity contribution in [3.05, 3.63) is 35.5 Å². The number of aryl methyl sites for hydroxylation is 2. The number of carbonyl (C=O) groups is 1. The van der Waals surface area contributed by atoms with Crippen molar-refractivity contribution in [3.63, 3.8) is 0 Å². The van der Waals surface area contributed by atoms with E-state index in [0.29, 0.717) is 6.42 Å². The Kier molecular flexibility index (Phi) is 3.29. The first-order chi connectivity index (χ1) is 10.1. The summed E-state index contributed by atoms with van der Waals surface area (Å²) in [6.07, 6.45) is 0.555. The molecule has 6 nitrogen and oxygen atoms in total. The minimum absolute atomic E-state index is 0.0608. The normalized spacial score (nSPS) is 17.0. The second-order valence-corrected chi connectivity index (χ2v) is 5.18. The first-order valence-corrected chi connectivity index (χ1v) is 7.01. The highest BCUT2D eigenvalue weighted by Gasteiger charge is 2.29. The summed E-state index contributed by atoms with van der Waals surface area (Å²) in [5, 5.41) is 19.9. The molecular weight excluding hydrogens is 268 g/mol. The van der Waals surface area contributed by atoms with E-state index in [-0.39, 0.29) is 17.7 Å². The van der Waals surface area contributed by atoms with E-state index in [1.54, 1.807) is 12.1 Å². The molecule has 0 aliphatic carbocycles. The second-order valence-electron chi connectivity index (χ2n) is 5.18. The molecule has 21 heavy (non-hydrogen) atoms. The third-order valence-electron chi connectivity index (χ3n) is 3.68. The molecule has 0 radical (unpaired) electrons. The number of phenols is 1. The molecule has 0 spiro atoms. The van der Waals surface area contributed by atoms with Crippen molar-refractivity contribution in [2.75, 3.05) is 10.6 Å². The van der Waals surface area contributed by atoms with Crippen LogP contribution in [0.2, 0.25) is 0 Å². The van der Waals surface area contributed by atoms with Gasteiger partial charge in [0.25, 0.3) is 0 Å². The molecule has 0 bridgehead atoms. The number of nitrogens with zero attached hydrogens (tertiary/aromatic N) is 2. The van der Waals surface area contributed by atoms with Gasteiger partial charge in [0.1, 0.15) is 23.3 Å². The van der Waals surface area contributed by atoms with Crippen LogP contribution in [0.3, 0.4) is 0 Å². The summed E-state index contributed by atoms with van der Waals surface area (Å²) in [7, 11) is 0. The minimum atomic E-state index is -0.344. The van der Waals surface area contributed by atoms with Crippen LogP contribution in [0.4, 0.5) is 11.5 Å². The average Bonchev–Trinajstić information content (AvgIpc) is 2.78. The number of benzene rings is 1. The summed E-state index contributed by atoms with van der Waals surface area (Å²) >= 11 is 0.